The predicted molar refractivity (Wildman–Crippen MR) is 125 cm³/mol. The molecule has 1 aliphatic heterocycles. The number of piperazine rings is 1. The Morgan fingerprint density at radius 1 is 1.09 bits per heavy atom. The smallest absolute Gasteiger partial charge is 0.303 e. The molecule has 1 fully saturated rings. The Balaban J connectivity index is 1.35. The van der Waals surface area contributed by atoms with Crippen LogP contribution >= 0.6 is 0 Å². The molecule has 7 heteroatoms. The van der Waals surface area contributed by atoms with Gasteiger partial charge in [-0.1, -0.05) is 18.2 Å². The Kier molecular flexibility index (Phi) is 6.85. The van der Waals surface area contributed by atoms with E-state index in [0.717, 1.165) is 62.3 Å². The van der Waals surface area contributed by atoms with Gasteiger partial charge in [0.25, 0.3) is 5.91 Å². The van der Waals surface area contributed by atoms with Gasteiger partial charge in [-0.25, -0.2) is 0 Å². The molecular formula is C25H30N4O3. The van der Waals surface area contributed by atoms with Crippen LogP contribution in [0, 0.1) is 5.92 Å². The highest BCUT2D eigenvalue weighted by Gasteiger charge is 2.21. The number of hydrogen-bond donors (Lipinski definition) is 2. The third-order valence-electron chi connectivity index (χ3n) is 6.28. The first-order chi connectivity index (χ1) is 15.5. The molecule has 0 spiro atoms. The molecule has 1 aliphatic carbocycles. The number of hydrazone groups is 1. The van der Waals surface area contributed by atoms with Crippen molar-refractivity contribution >= 4 is 23.8 Å². The van der Waals surface area contributed by atoms with Crippen LogP contribution in [0.1, 0.15) is 39.9 Å². The number of aliphatic carboxylic acids is 1. The highest BCUT2D eigenvalue weighted by atomic mass is 16.4. The van der Waals surface area contributed by atoms with Gasteiger partial charge in [0, 0.05) is 43.9 Å². The van der Waals surface area contributed by atoms with Crippen LogP contribution < -0.4 is 5.32 Å². The number of amides is 1. The number of carbonyl (C=O) groups excluding carboxylic acids is 1. The third kappa shape index (κ3) is 5.73. The first-order valence-electron chi connectivity index (χ1n) is 11.2. The predicted octanol–water partition coefficient (Wildman–Crippen LogP) is 3.10. The largest absolute Gasteiger partial charge is 0.481 e. The van der Waals surface area contributed by atoms with Crippen molar-refractivity contribution in [2.75, 3.05) is 38.5 Å². The Hall–Kier alpha value is -3.19. The Bertz CT molecular complexity index is 995. The molecule has 1 atom stereocenters. The third-order valence-corrected chi connectivity index (χ3v) is 6.28. The number of fused-ring (bicyclic) bond motifs is 1. The van der Waals surface area contributed by atoms with Crippen molar-refractivity contribution < 1.29 is 14.7 Å². The molecule has 0 radical (unpaired) electrons. The van der Waals surface area contributed by atoms with E-state index >= 15 is 0 Å². The number of benzene rings is 2. The van der Waals surface area contributed by atoms with Crippen molar-refractivity contribution in [3.05, 3.63) is 64.7 Å². The zero-order valence-corrected chi connectivity index (χ0v) is 18.5. The number of nitrogens with zero attached hydrogens (tertiary/aromatic N) is 3. The highest BCUT2D eigenvalue weighted by Crippen LogP contribution is 2.29. The second kappa shape index (κ2) is 9.96. The van der Waals surface area contributed by atoms with Crippen LogP contribution in [0.3, 0.4) is 0 Å². The minimum Gasteiger partial charge on any atom is -0.481 e. The fraction of sp³-hybridized carbons (Fsp3) is 0.400. The summed E-state index contributed by atoms with van der Waals surface area (Å²) < 4.78 is 0. The number of hydrogen-bond acceptors (Lipinski definition) is 5. The maximum absolute atomic E-state index is 12.7. The lowest BCUT2D eigenvalue weighted by Gasteiger charge is -2.30. The molecule has 1 unspecified atom stereocenters. The number of aryl methyl sites for hydroxylation is 1. The Morgan fingerprint density at radius 3 is 2.56 bits per heavy atom. The van der Waals surface area contributed by atoms with Gasteiger partial charge in [0.15, 0.2) is 0 Å². The van der Waals surface area contributed by atoms with Crippen LogP contribution in [0.5, 0.6) is 0 Å². The molecule has 1 heterocycles. The zero-order chi connectivity index (χ0) is 22.5. The van der Waals surface area contributed by atoms with Gasteiger partial charge in [-0.2, -0.15) is 5.10 Å². The van der Waals surface area contributed by atoms with E-state index in [1.165, 1.54) is 5.56 Å². The van der Waals surface area contributed by atoms with Crippen molar-refractivity contribution in [3.63, 3.8) is 0 Å². The van der Waals surface area contributed by atoms with Crippen molar-refractivity contribution in [2.45, 2.75) is 25.7 Å². The van der Waals surface area contributed by atoms with E-state index in [-0.39, 0.29) is 18.2 Å². The van der Waals surface area contributed by atoms with Crippen molar-refractivity contribution in [3.8, 4) is 0 Å². The molecule has 0 saturated carbocycles. The summed E-state index contributed by atoms with van der Waals surface area (Å²) in [5.41, 5.74) is 4.66. The molecular weight excluding hydrogens is 404 g/mol. The van der Waals surface area contributed by atoms with Crippen LogP contribution in [0.2, 0.25) is 0 Å². The van der Waals surface area contributed by atoms with Gasteiger partial charge >= 0.3 is 5.97 Å². The maximum Gasteiger partial charge on any atom is 0.303 e. The molecule has 2 aromatic carbocycles. The number of rotatable bonds is 6. The summed E-state index contributed by atoms with van der Waals surface area (Å²) >= 11 is 0. The Labute approximate surface area is 188 Å². The second-order valence-corrected chi connectivity index (χ2v) is 8.77. The van der Waals surface area contributed by atoms with Gasteiger partial charge in [-0.15, -0.1) is 0 Å². The van der Waals surface area contributed by atoms with Crippen LogP contribution in [0.4, 0.5) is 5.69 Å². The first kappa shape index (κ1) is 22.0. The van der Waals surface area contributed by atoms with E-state index in [0.29, 0.717) is 5.56 Å². The van der Waals surface area contributed by atoms with E-state index in [1.54, 1.807) is 0 Å². The summed E-state index contributed by atoms with van der Waals surface area (Å²) in [6, 6.07) is 13.4. The first-order valence-corrected chi connectivity index (χ1v) is 11.2. The molecule has 2 aromatic rings. The van der Waals surface area contributed by atoms with Crippen LogP contribution in [-0.2, 0) is 17.6 Å². The number of carbonyl (C=O) groups is 2. The van der Waals surface area contributed by atoms with Gasteiger partial charge in [0.1, 0.15) is 0 Å². The number of nitrogens with one attached hydrogen (secondary N) is 1. The van der Waals surface area contributed by atoms with Gasteiger partial charge < -0.3 is 15.3 Å². The molecule has 168 valence electrons. The summed E-state index contributed by atoms with van der Waals surface area (Å²) in [6.07, 6.45) is 4.56. The summed E-state index contributed by atoms with van der Waals surface area (Å²) in [6.45, 7) is 3.87. The fourth-order valence-corrected chi connectivity index (χ4v) is 4.31. The fourth-order valence-electron chi connectivity index (χ4n) is 4.31. The lowest BCUT2D eigenvalue weighted by atomic mass is 9.82. The maximum atomic E-state index is 12.7. The molecule has 1 saturated heterocycles. The van der Waals surface area contributed by atoms with Crippen molar-refractivity contribution in [1.82, 2.24) is 9.91 Å². The van der Waals surface area contributed by atoms with E-state index in [9.17, 15) is 9.59 Å². The molecule has 1 amide bonds. The normalized spacial score (nSPS) is 19.0. The monoisotopic (exact) mass is 434 g/mol. The molecule has 4 rings (SSSR count). The molecule has 2 aliphatic rings. The van der Waals surface area contributed by atoms with Gasteiger partial charge in [-0.05, 0) is 73.2 Å². The number of anilines is 1. The SMILES string of the molecule is CN1CCN(N=Cc2ccc(C(=O)Nc3ccc4c(c3)CC(CC(=O)O)CC4)cc2)CC1. The topological polar surface area (TPSA) is 85.2 Å². The molecule has 2 N–H and O–H groups in total. The summed E-state index contributed by atoms with van der Waals surface area (Å²) in [4.78, 5) is 26.0. The van der Waals surface area contributed by atoms with Crippen LogP contribution in [-0.4, -0.2) is 66.3 Å². The Morgan fingerprint density at radius 2 is 1.84 bits per heavy atom. The summed E-state index contributed by atoms with van der Waals surface area (Å²) in [5.74, 6) is -0.753. The lowest BCUT2D eigenvalue weighted by Crippen LogP contribution is -2.41. The van der Waals surface area contributed by atoms with Crippen LogP contribution in [0.15, 0.2) is 47.6 Å². The van der Waals surface area contributed by atoms with E-state index in [1.807, 2.05) is 48.7 Å². The van der Waals surface area contributed by atoms with Crippen molar-refractivity contribution in [1.29, 1.82) is 0 Å². The molecule has 0 aromatic heterocycles. The van der Waals surface area contributed by atoms with Gasteiger partial charge in [0.05, 0.1) is 6.21 Å². The summed E-state index contributed by atoms with van der Waals surface area (Å²) in [7, 11) is 2.12. The standard InChI is InChI=1S/C25H30N4O3/c1-28-10-12-29(13-11-28)26-17-18-2-6-21(7-3-18)25(32)27-23-9-8-20-5-4-19(15-24(30)31)14-22(20)16-23/h2-3,6-9,16-17,19H,4-5,10-15H2,1H3,(H,27,32)(H,30,31). The lowest BCUT2D eigenvalue weighted by molar-refractivity contribution is -0.138. The number of carboxylic acid groups (broad SMARTS) is 1. The molecule has 32 heavy (non-hydrogen) atoms. The average molecular weight is 435 g/mol. The van der Waals surface area contributed by atoms with Crippen LogP contribution in [0.25, 0.3) is 0 Å². The molecule has 7 nitrogen and oxygen atoms in total. The van der Waals surface area contributed by atoms with E-state index < -0.39 is 5.97 Å². The van der Waals surface area contributed by atoms with E-state index in [4.69, 9.17) is 5.11 Å². The second-order valence-electron chi connectivity index (χ2n) is 8.77. The summed E-state index contributed by atoms with van der Waals surface area (Å²) in [5, 5.41) is 18.6. The van der Waals surface area contributed by atoms with Crippen molar-refractivity contribution in [2.24, 2.45) is 11.0 Å². The zero-order valence-electron chi connectivity index (χ0n) is 18.5. The minimum absolute atomic E-state index is 0.158. The highest BCUT2D eigenvalue weighted by molar-refractivity contribution is 6.04. The number of likely N-dealkylation sites (N-methyl/N-ethyl adjacent to an activating group) is 1. The number of carboxylic acids is 1. The molecule has 0 bridgehead atoms. The minimum atomic E-state index is -0.750. The van der Waals surface area contributed by atoms with Gasteiger partial charge in [-0.3, -0.25) is 14.6 Å². The van der Waals surface area contributed by atoms with Gasteiger partial charge in [0.2, 0.25) is 0 Å². The average Bonchev–Trinajstić information content (AvgIpc) is 2.78. The van der Waals surface area contributed by atoms with E-state index in [2.05, 4.69) is 27.4 Å². The quantitative estimate of drug-likeness (QED) is 0.683.